The number of rotatable bonds is 10. The van der Waals surface area contributed by atoms with Crippen LogP contribution in [0.3, 0.4) is 0 Å². The minimum absolute atomic E-state index is 0.0707. The maximum absolute atomic E-state index is 12.5. The molecule has 0 aliphatic carbocycles. The van der Waals surface area contributed by atoms with E-state index in [-0.39, 0.29) is 5.57 Å². The molecule has 2 aromatic carbocycles. The molecule has 0 atom stereocenters. The lowest BCUT2D eigenvalue weighted by molar-refractivity contribution is -0.112. The number of amides is 1. The van der Waals surface area contributed by atoms with Crippen molar-refractivity contribution in [3.8, 4) is 23.3 Å². The molecule has 0 saturated carbocycles. The Labute approximate surface area is 206 Å². The zero-order valence-electron chi connectivity index (χ0n) is 19.2. The van der Waals surface area contributed by atoms with Crippen molar-refractivity contribution in [3.05, 3.63) is 58.7 Å². The average Bonchev–Trinajstić information content (AvgIpc) is 3.29. The number of nitrogens with one attached hydrogen (secondary N) is 1. The van der Waals surface area contributed by atoms with Gasteiger partial charge in [0.25, 0.3) is 5.91 Å². The van der Waals surface area contributed by atoms with E-state index in [1.54, 1.807) is 18.2 Å². The average molecular weight is 497 g/mol. The monoisotopic (exact) mass is 496 g/mol. The summed E-state index contributed by atoms with van der Waals surface area (Å²) in [6, 6.07) is 13.1. The number of thioether (sulfide) groups is 1. The minimum Gasteiger partial charge on any atom is -0.493 e. The summed E-state index contributed by atoms with van der Waals surface area (Å²) in [4.78, 5) is 16.6. The van der Waals surface area contributed by atoms with Crippen molar-refractivity contribution in [1.29, 1.82) is 5.26 Å². The third kappa shape index (κ3) is 6.50. The molecule has 1 heterocycles. The Morgan fingerprint density at radius 1 is 1.18 bits per heavy atom. The van der Waals surface area contributed by atoms with Gasteiger partial charge < -0.3 is 14.2 Å². The molecule has 34 heavy (non-hydrogen) atoms. The number of hydrogen-bond donors (Lipinski definition) is 1. The van der Waals surface area contributed by atoms with Crippen LogP contribution in [0.2, 0.25) is 0 Å². The van der Waals surface area contributed by atoms with Crippen molar-refractivity contribution in [2.24, 2.45) is 0 Å². The molecule has 0 spiro atoms. The number of nitriles is 1. The Morgan fingerprint density at radius 3 is 2.56 bits per heavy atom. The van der Waals surface area contributed by atoms with Crippen LogP contribution in [-0.2, 0) is 4.79 Å². The zero-order valence-corrected chi connectivity index (χ0v) is 20.9. The molecule has 1 amide bonds. The molecule has 10 heteroatoms. The van der Waals surface area contributed by atoms with Crippen molar-refractivity contribution in [1.82, 2.24) is 9.36 Å². The lowest BCUT2D eigenvalue weighted by Crippen LogP contribution is -2.13. The maximum Gasteiger partial charge on any atom is 0.268 e. The summed E-state index contributed by atoms with van der Waals surface area (Å²) in [5.41, 5.74) is 2.69. The largest absolute Gasteiger partial charge is 0.493 e. The molecule has 1 N–H and O–H groups in total. The van der Waals surface area contributed by atoms with Gasteiger partial charge in [-0.05, 0) is 55.0 Å². The van der Waals surface area contributed by atoms with Gasteiger partial charge in [0.05, 0.1) is 7.11 Å². The van der Waals surface area contributed by atoms with E-state index in [0.717, 1.165) is 28.4 Å². The second-order valence-electron chi connectivity index (χ2n) is 7.04. The standard InChI is InChI=1S/C24H24N4O4S2/c1-15-6-5-7-16(2)21(15)32-11-10-31-19-9-8-17(13-20(19)30-3)12-18(14-25)22(29)26-23-27-24(33-4)28-34-23/h5-9,12-13H,10-11H2,1-4H3,(H,26,27,28,29). The minimum atomic E-state index is -0.561. The fourth-order valence-electron chi connectivity index (χ4n) is 3.04. The number of anilines is 1. The first-order valence-corrected chi connectivity index (χ1v) is 12.3. The summed E-state index contributed by atoms with van der Waals surface area (Å²) in [6.45, 7) is 4.71. The first-order valence-electron chi connectivity index (χ1n) is 10.3. The van der Waals surface area contributed by atoms with Crippen molar-refractivity contribution < 1.29 is 19.0 Å². The van der Waals surface area contributed by atoms with Crippen molar-refractivity contribution in [2.75, 3.05) is 31.9 Å². The van der Waals surface area contributed by atoms with Gasteiger partial charge in [0.1, 0.15) is 30.6 Å². The number of aromatic nitrogens is 2. The third-order valence-electron chi connectivity index (χ3n) is 4.67. The van der Waals surface area contributed by atoms with E-state index in [9.17, 15) is 10.1 Å². The second kappa shape index (κ2) is 12.1. The van der Waals surface area contributed by atoms with E-state index < -0.39 is 5.91 Å². The Balaban J connectivity index is 1.64. The highest BCUT2D eigenvalue weighted by atomic mass is 32.2. The SMILES string of the molecule is COc1cc(C=C(C#N)C(=O)Nc2nc(SC)ns2)ccc1OCCOc1c(C)cccc1C. The first kappa shape index (κ1) is 25.1. The van der Waals surface area contributed by atoms with Crippen LogP contribution in [0.4, 0.5) is 5.13 Å². The van der Waals surface area contributed by atoms with Crippen LogP contribution >= 0.6 is 23.3 Å². The van der Waals surface area contributed by atoms with Gasteiger partial charge in [0.2, 0.25) is 10.3 Å². The van der Waals surface area contributed by atoms with Gasteiger partial charge >= 0.3 is 0 Å². The molecule has 0 bridgehead atoms. The molecule has 0 unspecified atom stereocenters. The van der Waals surface area contributed by atoms with E-state index >= 15 is 0 Å². The Hall–Kier alpha value is -3.55. The van der Waals surface area contributed by atoms with Crippen LogP contribution in [0.15, 0.2) is 47.1 Å². The Bertz CT molecular complexity index is 1210. The molecule has 0 saturated heterocycles. The molecular formula is C24H24N4O4S2. The predicted octanol–water partition coefficient (Wildman–Crippen LogP) is 4.89. The molecule has 0 aliphatic rings. The van der Waals surface area contributed by atoms with Gasteiger partial charge in [-0.2, -0.15) is 14.6 Å². The normalized spacial score (nSPS) is 11.0. The quantitative estimate of drug-likeness (QED) is 0.183. The van der Waals surface area contributed by atoms with Crippen LogP contribution in [0.5, 0.6) is 17.2 Å². The molecule has 0 fully saturated rings. The maximum atomic E-state index is 12.5. The summed E-state index contributed by atoms with van der Waals surface area (Å²) in [7, 11) is 1.53. The molecule has 3 rings (SSSR count). The number of para-hydroxylation sites is 1. The number of carbonyl (C=O) groups excluding carboxylic acids is 1. The highest BCUT2D eigenvalue weighted by Gasteiger charge is 2.14. The summed E-state index contributed by atoms with van der Waals surface area (Å²) in [5, 5.41) is 12.9. The van der Waals surface area contributed by atoms with Crippen LogP contribution in [-0.4, -0.2) is 41.8 Å². The number of aryl methyl sites for hydroxylation is 2. The number of methoxy groups -OCH3 is 1. The van der Waals surface area contributed by atoms with Crippen molar-refractivity contribution in [3.63, 3.8) is 0 Å². The van der Waals surface area contributed by atoms with Gasteiger partial charge in [0, 0.05) is 11.5 Å². The summed E-state index contributed by atoms with van der Waals surface area (Å²) < 4.78 is 21.2. The summed E-state index contributed by atoms with van der Waals surface area (Å²) in [6.07, 6.45) is 3.31. The Morgan fingerprint density at radius 2 is 1.91 bits per heavy atom. The summed E-state index contributed by atoms with van der Waals surface area (Å²) in [5.74, 6) is 1.31. The van der Waals surface area contributed by atoms with Gasteiger partial charge in [-0.3, -0.25) is 10.1 Å². The van der Waals surface area contributed by atoms with Gasteiger partial charge in [-0.25, -0.2) is 0 Å². The molecule has 0 radical (unpaired) electrons. The number of nitrogens with zero attached hydrogens (tertiary/aromatic N) is 3. The van der Waals surface area contributed by atoms with Crippen LogP contribution in [0, 0.1) is 25.2 Å². The highest BCUT2D eigenvalue weighted by Crippen LogP contribution is 2.29. The van der Waals surface area contributed by atoms with Crippen LogP contribution < -0.4 is 19.5 Å². The number of carbonyl (C=O) groups is 1. The Kier molecular flexibility index (Phi) is 8.90. The zero-order chi connectivity index (χ0) is 24.5. The molecule has 176 valence electrons. The van der Waals surface area contributed by atoms with Crippen LogP contribution in [0.25, 0.3) is 6.08 Å². The van der Waals surface area contributed by atoms with E-state index in [4.69, 9.17) is 14.2 Å². The number of benzene rings is 2. The lowest BCUT2D eigenvalue weighted by atomic mass is 10.1. The first-order chi connectivity index (χ1) is 16.4. The van der Waals surface area contributed by atoms with E-state index in [2.05, 4.69) is 14.7 Å². The molecular weight excluding hydrogens is 472 g/mol. The van der Waals surface area contributed by atoms with E-state index in [1.807, 2.05) is 44.4 Å². The molecule has 0 aliphatic heterocycles. The van der Waals surface area contributed by atoms with Crippen LogP contribution in [0.1, 0.15) is 16.7 Å². The molecule has 8 nitrogen and oxygen atoms in total. The van der Waals surface area contributed by atoms with Crippen molar-refractivity contribution >= 4 is 40.4 Å². The molecule has 1 aromatic heterocycles. The number of ether oxygens (including phenoxy) is 3. The smallest absolute Gasteiger partial charge is 0.268 e. The van der Waals surface area contributed by atoms with E-state index in [0.29, 0.717) is 40.6 Å². The molecule has 3 aromatic rings. The lowest BCUT2D eigenvalue weighted by Gasteiger charge is -2.14. The third-order valence-corrected chi connectivity index (χ3v) is 5.96. The predicted molar refractivity (Wildman–Crippen MR) is 134 cm³/mol. The summed E-state index contributed by atoms with van der Waals surface area (Å²) >= 11 is 2.43. The van der Waals surface area contributed by atoms with Crippen molar-refractivity contribution in [2.45, 2.75) is 19.0 Å². The topological polar surface area (TPSA) is 106 Å². The van der Waals surface area contributed by atoms with E-state index in [1.165, 1.54) is 24.9 Å². The highest BCUT2D eigenvalue weighted by molar-refractivity contribution is 7.98. The van der Waals surface area contributed by atoms with Gasteiger partial charge in [-0.1, -0.05) is 36.0 Å². The fourth-order valence-corrected chi connectivity index (χ4v) is 4.16. The second-order valence-corrected chi connectivity index (χ2v) is 8.56. The van der Waals surface area contributed by atoms with Gasteiger partial charge in [0.15, 0.2) is 11.5 Å². The fraction of sp³-hybridized carbons (Fsp3) is 0.250. The van der Waals surface area contributed by atoms with Gasteiger partial charge in [-0.15, -0.1) is 0 Å². The number of hydrogen-bond acceptors (Lipinski definition) is 9.